The van der Waals surface area contributed by atoms with Crippen LogP contribution >= 0.6 is 0 Å². The Morgan fingerprint density at radius 3 is 2.14 bits per heavy atom. The molecule has 0 saturated heterocycles. The van der Waals surface area contributed by atoms with Crippen LogP contribution in [0.15, 0.2) is 48.5 Å². The second-order valence-corrected chi connectivity index (χ2v) is 8.50. The van der Waals surface area contributed by atoms with Crippen molar-refractivity contribution in [1.29, 1.82) is 0 Å². The quantitative estimate of drug-likeness (QED) is 0.419. The molecule has 1 aliphatic carbocycles. The van der Waals surface area contributed by atoms with Gasteiger partial charge in [0.05, 0.1) is 13.5 Å². The lowest BCUT2D eigenvalue weighted by Crippen LogP contribution is -2.42. The summed E-state index contributed by atoms with van der Waals surface area (Å²) in [6, 6.07) is 14.6. The lowest BCUT2D eigenvalue weighted by Gasteiger charge is -2.17. The second-order valence-electron chi connectivity index (χ2n) is 8.50. The van der Waals surface area contributed by atoms with Gasteiger partial charge in [0.25, 0.3) is 0 Å². The molecule has 0 spiro atoms. The number of carboxylic acids is 1. The van der Waals surface area contributed by atoms with Crippen molar-refractivity contribution >= 4 is 23.9 Å². The van der Waals surface area contributed by atoms with Crippen LogP contribution in [-0.4, -0.2) is 54.8 Å². The fourth-order valence-electron chi connectivity index (χ4n) is 4.20. The van der Waals surface area contributed by atoms with Gasteiger partial charge in [-0.15, -0.1) is 0 Å². The van der Waals surface area contributed by atoms with E-state index in [0.717, 1.165) is 29.4 Å². The maximum Gasteiger partial charge on any atom is 0.407 e. The molecule has 2 aromatic carbocycles. The molecule has 0 heterocycles. The number of aliphatic carboxylic acids is 1. The zero-order valence-electron chi connectivity index (χ0n) is 19.8. The van der Waals surface area contributed by atoms with E-state index >= 15 is 0 Å². The number of rotatable bonds is 11. The van der Waals surface area contributed by atoms with Gasteiger partial charge in [-0.2, -0.15) is 0 Å². The van der Waals surface area contributed by atoms with Gasteiger partial charge >= 0.3 is 18.0 Å². The Morgan fingerprint density at radius 1 is 0.971 bits per heavy atom. The number of ether oxygens (including phenoxy) is 2. The molecule has 0 aromatic heterocycles. The van der Waals surface area contributed by atoms with Crippen molar-refractivity contribution in [3.05, 3.63) is 59.7 Å². The molecule has 0 radical (unpaired) electrons. The van der Waals surface area contributed by atoms with E-state index in [1.165, 1.54) is 0 Å². The maximum absolute atomic E-state index is 12.4. The molecule has 0 aliphatic heterocycles. The minimum absolute atomic E-state index is 0.0284. The zero-order valence-corrected chi connectivity index (χ0v) is 19.8. The van der Waals surface area contributed by atoms with E-state index in [-0.39, 0.29) is 25.0 Å². The van der Waals surface area contributed by atoms with Crippen LogP contribution in [0.4, 0.5) is 4.79 Å². The number of benzene rings is 2. The molecule has 1 unspecified atom stereocenters. The van der Waals surface area contributed by atoms with Crippen LogP contribution in [0.2, 0.25) is 0 Å². The molecule has 9 heteroatoms. The number of esters is 1. The maximum atomic E-state index is 12.4. The minimum Gasteiger partial charge on any atom is -0.480 e. The Kier molecular flexibility index (Phi) is 8.83. The third-order valence-corrected chi connectivity index (χ3v) is 5.98. The van der Waals surface area contributed by atoms with Crippen LogP contribution in [0.1, 0.15) is 49.7 Å². The summed E-state index contributed by atoms with van der Waals surface area (Å²) in [5, 5.41) is 14.2. The third kappa shape index (κ3) is 6.81. The highest BCUT2D eigenvalue weighted by Crippen LogP contribution is 2.44. The van der Waals surface area contributed by atoms with Crippen LogP contribution in [0, 0.1) is 0 Å². The Bertz CT molecular complexity index is 1040. The number of carboxylic acid groups (broad SMARTS) is 1. The van der Waals surface area contributed by atoms with E-state index in [1.54, 1.807) is 6.92 Å². The van der Waals surface area contributed by atoms with Crippen molar-refractivity contribution in [2.75, 3.05) is 13.7 Å². The number of amides is 2. The van der Waals surface area contributed by atoms with Gasteiger partial charge < -0.3 is 25.2 Å². The number of carbonyl (C=O) groups is 4. The molecule has 0 fully saturated rings. The summed E-state index contributed by atoms with van der Waals surface area (Å²) >= 11 is 0. The van der Waals surface area contributed by atoms with Crippen LogP contribution < -0.4 is 10.6 Å². The summed E-state index contributed by atoms with van der Waals surface area (Å²) in [5.74, 6) is -2.55. The number of hydrogen-bond donors (Lipinski definition) is 3. The highest BCUT2D eigenvalue weighted by molar-refractivity contribution is 5.87. The standard InChI is InChI=1S/C26H30N2O7/c1-16(8-7-13-23(29)28-22(25(31)32)14-24(30)34-2)27-26(33)35-15-21-19-11-5-3-9-17(19)18-10-4-6-12-20(18)21/h3-6,9-12,16,21-22H,7-8,13-15H2,1-2H3,(H,27,33)(H,28,29)(H,31,32)/t16?,22-/m1/s1. The van der Waals surface area contributed by atoms with Crippen molar-refractivity contribution < 1.29 is 33.8 Å². The van der Waals surface area contributed by atoms with Gasteiger partial charge in [-0.1, -0.05) is 48.5 Å². The Hall–Kier alpha value is -3.88. The lowest BCUT2D eigenvalue weighted by molar-refractivity contribution is -0.148. The normalized spacial score (nSPS) is 13.7. The molecule has 0 saturated carbocycles. The molecule has 3 N–H and O–H groups in total. The first-order chi connectivity index (χ1) is 16.8. The summed E-state index contributed by atoms with van der Waals surface area (Å²) < 4.78 is 9.97. The average molecular weight is 483 g/mol. The van der Waals surface area contributed by atoms with Crippen molar-refractivity contribution in [2.45, 2.75) is 50.6 Å². The summed E-state index contributed by atoms with van der Waals surface area (Å²) in [4.78, 5) is 46.9. The van der Waals surface area contributed by atoms with Crippen LogP contribution in [-0.2, 0) is 23.9 Å². The van der Waals surface area contributed by atoms with E-state index in [9.17, 15) is 19.2 Å². The number of hydrogen-bond acceptors (Lipinski definition) is 6. The monoisotopic (exact) mass is 482 g/mol. The molecular weight excluding hydrogens is 452 g/mol. The molecule has 3 rings (SSSR count). The highest BCUT2D eigenvalue weighted by Gasteiger charge is 2.29. The van der Waals surface area contributed by atoms with E-state index in [1.807, 2.05) is 24.3 Å². The molecule has 2 amide bonds. The highest BCUT2D eigenvalue weighted by atomic mass is 16.5. The molecule has 2 atom stereocenters. The van der Waals surface area contributed by atoms with Gasteiger partial charge in [0.1, 0.15) is 12.6 Å². The largest absolute Gasteiger partial charge is 0.480 e. The molecule has 35 heavy (non-hydrogen) atoms. The fraction of sp³-hybridized carbons (Fsp3) is 0.385. The first kappa shape index (κ1) is 25.7. The number of fused-ring (bicyclic) bond motifs is 3. The van der Waals surface area contributed by atoms with Crippen molar-refractivity contribution in [2.24, 2.45) is 0 Å². The van der Waals surface area contributed by atoms with Crippen molar-refractivity contribution in [3.8, 4) is 11.1 Å². The first-order valence-corrected chi connectivity index (χ1v) is 11.5. The van der Waals surface area contributed by atoms with Crippen LogP contribution in [0.3, 0.4) is 0 Å². The van der Waals surface area contributed by atoms with Gasteiger partial charge in [0.15, 0.2) is 0 Å². The number of alkyl carbamates (subject to hydrolysis) is 1. The molecule has 186 valence electrons. The summed E-state index contributed by atoms with van der Waals surface area (Å²) in [5.41, 5.74) is 4.57. The number of nitrogens with one attached hydrogen (secondary N) is 2. The Balaban J connectivity index is 1.42. The van der Waals surface area contributed by atoms with E-state index in [0.29, 0.717) is 12.8 Å². The SMILES string of the molecule is COC(=O)C[C@@H](NC(=O)CCCC(C)NC(=O)OCC1c2ccccc2-c2ccccc21)C(=O)O. The predicted molar refractivity (Wildman–Crippen MR) is 128 cm³/mol. The van der Waals surface area contributed by atoms with Gasteiger partial charge in [0, 0.05) is 18.4 Å². The van der Waals surface area contributed by atoms with Gasteiger partial charge in [0.2, 0.25) is 5.91 Å². The molecule has 0 bridgehead atoms. The molecule has 1 aliphatic rings. The van der Waals surface area contributed by atoms with E-state index in [4.69, 9.17) is 9.84 Å². The predicted octanol–water partition coefficient (Wildman–Crippen LogP) is 3.22. The topological polar surface area (TPSA) is 131 Å². The molecule has 2 aromatic rings. The lowest BCUT2D eigenvalue weighted by atomic mass is 9.98. The molecular formula is C26H30N2O7. The smallest absolute Gasteiger partial charge is 0.407 e. The van der Waals surface area contributed by atoms with Gasteiger partial charge in [-0.25, -0.2) is 9.59 Å². The summed E-state index contributed by atoms with van der Waals surface area (Å²) in [6.07, 6.45) is -0.0140. The summed E-state index contributed by atoms with van der Waals surface area (Å²) in [7, 11) is 1.15. The average Bonchev–Trinajstić information content (AvgIpc) is 3.15. The van der Waals surface area contributed by atoms with E-state index < -0.39 is 36.4 Å². The zero-order chi connectivity index (χ0) is 25.4. The number of carbonyl (C=O) groups excluding carboxylic acids is 3. The van der Waals surface area contributed by atoms with Gasteiger partial charge in [-0.3, -0.25) is 9.59 Å². The Labute approximate surface area is 203 Å². The van der Waals surface area contributed by atoms with Gasteiger partial charge in [-0.05, 0) is 42.0 Å². The third-order valence-electron chi connectivity index (χ3n) is 5.98. The second kappa shape index (κ2) is 12.0. The van der Waals surface area contributed by atoms with Crippen molar-refractivity contribution in [3.63, 3.8) is 0 Å². The van der Waals surface area contributed by atoms with Crippen LogP contribution in [0.5, 0.6) is 0 Å². The fourth-order valence-corrected chi connectivity index (χ4v) is 4.20. The minimum atomic E-state index is -1.34. The van der Waals surface area contributed by atoms with E-state index in [2.05, 4.69) is 39.6 Å². The first-order valence-electron chi connectivity index (χ1n) is 11.5. The van der Waals surface area contributed by atoms with Crippen LogP contribution in [0.25, 0.3) is 11.1 Å². The van der Waals surface area contributed by atoms with Crippen molar-refractivity contribution in [1.82, 2.24) is 10.6 Å². The molecule has 9 nitrogen and oxygen atoms in total. The Morgan fingerprint density at radius 2 is 1.57 bits per heavy atom. The summed E-state index contributed by atoms with van der Waals surface area (Å²) in [6.45, 7) is 2.02. The number of methoxy groups -OCH3 is 1.